The third-order valence-corrected chi connectivity index (χ3v) is 5.29. The average Bonchev–Trinajstić information content (AvgIpc) is 2.38. The highest BCUT2D eigenvalue weighted by Gasteiger charge is 2.23. The summed E-state index contributed by atoms with van der Waals surface area (Å²) in [6.07, 6.45) is 2.64. The summed E-state index contributed by atoms with van der Waals surface area (Å²) in [5, 5.41) is 3.34. The summed E-state index contributed by atoms with van der Waals surface area (Å²) in [6, 6.07) is 8.09. The normalized spacial score (nSPS) is 22.1. The molecule has 1 saturated heterocycles. The van der Waals surface area contributed by atoms with E-state index in [0.29, 0.717) is 5.75 Å². The quantitative estimate of drug-likeness (QED) is 0.887. The average molecular weight is 283 g/mol. The van der Waals surface area contributed by atoms with Crippen molar-refractivity contribution >= 4 is 9.84 Å². The van der Waals surface area contributed by atoms with Crippen LogP contribution < -0.4 is 10.1 Å². The second-order valence-corrected chi connectivity index (χ2v) is 7.23. The summed E-state index contributed by atoms with van der Waals surface area (Å²) in [4.78, 5) is 0. The first-order chi connectivity index (χ1) is 9.09. The van der Waals surface area contributed by atoms with E-state index in [0.717, 1.165) is 31.6 Å². The molecule has 19 heavy (non-hydrogen) atoms. The van der Waals surface area contributed by atoms with Gasteiger partial charge < -0.3 is 10.1 Å². The largest absolute Gasteiger partial charge is 0.497 e. The van der Waals surface area contributed by atoms with E-state index in [1.54, 1.807) is 7.11 Å². The molecule has 106 valence electrons. The van der Waals surface area contributed by atoms with Crippen molar-refractivity contribution in [2.45, 2.75) is 25.3 Å². The molecular formula is C14H21NO3S. The molecule has 1 atom stereocenters. The minimum Gasteiger partial charge on any atom is -0.497 e. The van der Waals surface area contributed by atoms with Gasteiger partial charge in [0.1, 0.15) is 5.75 Å². The lowest BCUT2D eigenvalue weighted by Gasteiger charge is -2.23. The zero-order chi connectivity index (χ0) is 13.7. The molecule has 0 amide bonds. The first-order valence-corrected chi connectivity index (χ1v) is 8.48. The smallest absolute Gasteiger partial charge is 0.151 e. The van der Waals surface area contributed by atoms with Crippen molar-refractivity contribution in [3.8, 4) is 5.75 Å². The summed E-state index contributed by atoms with van der Waals surface area (Å²) in [5.41, 5.74) is 1.23. The first-order valence-electron chi connectivity index (χ1n) is 6.66. The molecule has 1 aliphatic rings. The van der Waals surface area contributed by atoms with Gasteiger partial charge >= 0.3 is 0 Å². The molecule has 0 aliphatic carbocycles. The van der Waals surface area contributed by atoms with E-state index in [1.165, 1.54) is 5.56 Å². The molecular weight excluding hydrogens is 262 g/mol. The van der Waals surface area contributed by atoms with Crippen molar-refractivity contribution < 1.29 is 13.2 Å². The molecule has 1 N–H and O–H groups in total. The lowest BCUT2D eigenvalue weighted by Crippen LogP contribution is -2.40. The van der Waals surface area contributed by atoms with Gasteiger partial charge in [-0.05, 0) is 43.5 Å². The van der Waals surface area contributed by atoms with Crippen LogP contribution in [-0.2, 0) is 16.3 Å². The number of ether oxygens (including phenoxy) is 1. The third-order valence-electron chi connectivity index (χ3n) is 3.47. The highest BCUT2D eigenvalue weighted by Crippen LogP contribution is 2.13. The van der Waals surface area contributed by atoms with Crippen LogP contribution in [0.2, 0.25) is 0 Å². The minimum atomic E-state index is -2.82. The van der Waals surface area contributed by atoms with Gasteiger partial charge in [0.2, 0.25) is 0 Å². The van der Waals surface area contributed by atoms with Crippen LogP contribution in [0.1, 0.15) is 18.4 Å². The van der Waals surface area contributed by atoms with Gasteiger partial charge in [0.15, 0.2) is 9.84 Å². The van der Waals surface area contributed by atoms with E-state index in [1.807, 2.05) is 24.3 Å². The SMILES string of the molecule is COc1ccc(CCNC2CCCS(=O)(=O)C2)cc1. The Labute approximate surface area is 115 Å². The van der Waals surface area contributed by atoms with Gasteiger partial charge in [-0.3, -0.25) is 0 Å². The second kappa shape index (κ2) is 6.39. The molecule has 1 unspecified atom stereocenters. The molecule has 0 aromatic heterocycles. The number of benzene rings is 1. The summed E-state index contributed by atoms with van der Waals surface area (Å²) in [6.45, 7) is 0.812. The lowest BCUT2D eigenvalue weighted by molar-refractivity contribution is 0.414. The Hall–Kier alpha value is -1.07. The Balaban J connectivity index is 1.76. The van der Waals surface area contributed by atoms with E-state index in [4.69, 9.17) is 4.74 Å². The van der Waals surface area contributed by atoms with Gasteiger partial charge in [-0.2, -0.15) is 0 Å². The molecule has 0 spiro atoms. The van der Waals surface area contributed by atoms with Crippen molar-refractivity contribution in [3.05, 3.63) is 29.8 Å². The molecule has 2 rings (SSSR count). The van der Waals surface area contributed by atoms with Crippen LogP contribution >= 0.6 is 0 Å². The molecule has 1 fully saturated rings. The number of sulfone groups is 1. The van der Waals surface area contributed by atoms with E-state index in [-0.39, 0.29) is 11.8 Å². The van der Waals surface area contributed by atoms with Crippen LogP contribution in [0, 0.1) is 0 Å². The molecule has 0 saturated carbocycles. The highest BCUT2D eigenvalue weighted by atomic mass is 32.2. The maximum absolute atomic E-state index is 11.5. The monoisotopic (exact) mass is 283 g/mol. The van der Waals surface area contributed by atoms with Gasteiger partial charge in [-0.25, -0.2) is 8.42 Å². The van der Waals surface area contributed by atoms with E-state index < -0.39 is 9.84 Å². The molecule has 0 bridgehead atoms. The number of hydrogen-bond donors (Lipinski definition) is 1. The molecule has 4 nitrogen and oxygen atoms in total. The van der Waals surface area contributed by atoms with E-state index >= 15 is 0 Å². The maximum atomic E-state index is 11.5. The van der Waals surface area contributed by atoms with Crippen molar-refractivity contribution in [1.29, 1.82) is 0 Å². The zero-order valence-corrected chi connectivity index (χ0v) is 12.1. The summed E-state index contributed by atoms with van der Waals surface area (Å²) >= 11 is 0. The van der Waals surface area contributed by atoms with Crippen LogP contribution in [-0.4, -0.2) is 39.6 Å². The number of methoxy groups -OCH3 is 1. The number of rotatable bonds is 5. The third kappa shape index (κ3) is 4.51. The molecule has 1 aromatic carbocycles. The van der Waals surface area contributed by atoms with E-state index in [2.05, 4.69) is 5.32 Å². The Kier molecular flexibility index (Phi) is 4.82. The van der Waals surface area contributed by atoms with Gasteiger partial charge in [0.05, 0.1) is 18.6 Å². The Morgan fingerprint density at radius 3 is 2.68 bits per heavy atom. The van der Waals surface area contributed by atoms with Gasteiger partial charge in [0.25, 0.3) is 0 Å². The summed E-state index contributed by atoms with van der Waals surface area (Å²) in [5.74, 6) is 1.49. The van der Waals surface area contributed by atoms with Crippen LogP contribution in [0.4, 0.5) is 0 Å². The van der Waals surface area contributed by atoms with Crippen molar-refractivity contribution in [2.75, 3.05) is 25.2 Å². The van der Waals surface area contributed by atoms with Gasteiger partial charge in [0, 0.05) is 6.04 Å². The van der Waals surface area contributed by atoms with Crippen LogP contribution in [0.3, 0.4) is 0 Å². The Morgan fingerprint density at radius 1 is 1.32 bits per heavy atom. The predicted molar refractivity (Wildman–Crippen MR) is 76.4 cm³/mol. The maximum Gasteiger partial charge on any atom is 0.151 e. The van der Waals surface area contributed by atoms with Crippen molar-refractivity contribution in [1.82, 2.24) is 5.32 Å². The Bertz CT molecular complexity index is 496. The number of hydrogen-bond acceptors (Lipinski definition) is 4. The highest BCUT2D eigenvalue weighted by molar-refractivity contribution is 7.91. The zero-order valence-electron chi connectivity index (χ0n) is 11.3. The van der Waals surface area contributed by atoms with Crippen LogP contribution in [0.15, 0.2) is 24.3 Å². The van der Waals surface area contributed by atoms with E-state index in [9.17, 15) is 8.42 Å². The van der Waals surface area contributed by atoms with Crippen LogP contribution in [0.25, 0.3) is 0 Å². The fourth-order valence-electron chi connectivity index (χ4n) is 2.40. The van der Waals surface area contributed by atoms with Crippen molar-refractivity contribution in [2.24, 2.45) is 0 Å². The molecule has 1 heterocycles. The first kappa shape index (κ1) is 14.3. The standard InChI is InChI=1S/C14H21NO3S/c1-18-14-6-4-12(5-7-14)8-9-15-13-3-2-10-19(16,17)11-13/h4-7,13,15H,2-3,8-11H2,1H3. The molecule has 1 aromatic rings. The summed E-state index contributed by atoms with van der Waals surface area (Å²) < 4.78 is 28.1. The lowest BCUT2D eigenvalue weighted by atomic mass is 10.1. The fourth-order valence-corrected chi connectivity index (χ4v) is 4.07. The predicted octanol–water partition coefficient (Wildman–Crippen LogP) is 1.40. The fraction of sp³-hybridized carbons (Fsp3) is 0.571. The summed E-state index contributed by atoms with van der Waals surface area (Å²) in [7, 11) is -1.16. The molecule has 1 aliphatic heterocycles. The van der Waals surface area contributed by atoms with Gasteiger partial charge in [-0.15, -0.1) is 0 Å². The van der Waals surface area contributed by atoms with Crippen LogP contribution in [0.5, 0.6) is 5.75 Å². The molecule has 5 heteroatoms. The Morgan fingerprint density at radius 2 is 2.05 bits per heavy atom. The topological polar surface area (TPSA) is 55.4 Å². The van der Waals surface area contributed by atoms with Crippen molar-refractivity contribution in [3.63, 3.8) is 0 Å². The minimum absolute atomic E-state index is 0.122. The van der Waals surface area contributed by atoms with Gasteiger partial charge in [-0.1, -0.05) is 12.1 Å². The molecule has 0 radical (unpaired) electrons. The number of nitrogens with one attached hydrogen (secondary N) is 1. The second-order valence-electron chi connectivity index (χ2n) is 5.01.